The van der Waals surface area contributed by atoms with Gasteiger partial charge in [-0.1, -0.05) is 37.5 Å². The molecule has 1 amide bonds. The van der Waals surface area contributed by atoms with Crippen LogP contribution in [0.15, 0.2) is 42.6 Å². The van der Waals surface area contributed by atoms with E-state index in [4.69, 9.17) is 5.26 Å². The Labute approximate surface area is 196 Å². The van der Waals surface area contributed by atoms with E-state index in [2.05, 4.69) is 50.0 Å². The van der Waals surface area contributed by atoms with Gasteiger partial charge < -0.3 is 9.80 Å². The second kappa shape index (κ2) is 9.93. The Morgan fingerprint density at radius 3 is 2.52 bits per heavy atom. The van der Waals surface area contributed by atoms with Gasteiger partial charge in [0.05, 0.1) is 5.56 Å². The van der Waals surface area contributed by atoms with Gasteiger partial charge in [0.25, 0.3) is 0 Å². The summed E-state index contributed by atoms with van der Waals surface area (Å²) in [4.78, 5) is 25.2. The molecule has 1 saturated carbocycles. The number of fused-ring (bicyclic) bond motifs is 1. The molecule has 1 unspecified atom stereocenters. The minimum Gasteiger partial charge on any atom is -0.354 e. The largest absolute Gasteiger partial charge is 0.354 e. The number of pyridine rings is 1. The average molecular weight is 444 g/mol. The van der Waals surface area contributed by atoms with Crippen LogP contribution in [0.3, 0.4) is 0 Å². The van der Waals surface area contributed by atoms with Crippen molar-refractivity contribution in [3.05, 3.63) is 53.7 Å². The predicted molar refractivity (Wildman–Crippen MR) is 130 cm³/mol. The summed E-state index contributed by atoms with van der Waals surface area (Å²) in [6.45, 7) is 4.69. The fourth-order valence-corrected chi connectivity index (χ4v) is 5.72. The number of nitrogens with zero attached hydrogens (tertiary/aromatic N) is 5. The van der Waals surface area contributed by atoms with E-state index in [1.54, 1.807) is 6.20 Å². The van der Waals surface area contributed by atoms with Crippen LogP contribution in [-0.2, 0) is 11.2 Å². The van der Waals surface area contributed by atoms with Crippen molar-refractivity contribution < 1.29 is 4.79 Å². The third-order valence-corrected chi connectivity index (χ3v) is 7.60. The Kier molecular flexibility index (Phi) is 6.59. The molecule has 1 aliphatic carbocycles. The van der Waals surface area contributed by atoms with E-state index in [1.165, 1.54) is 24.8 Å². The summed E-state index contributed by atoms with van der Waals surface area (Å²) in [6, 6.07) is 14.7. The molecule has 33 heavy (non-hydrogen) atoms. The number of rotatable bonds is 4. The topological polar surface area (TPSA) is 63.5 Å². The lowest BCUT2D eigenvalue weighted by molar-refractivity contribution is -0.124. The van der Waals surface area contributed by atoms with Crippen molar-refractivity contribution in [3.63, 3.8) is 0 Å². The minimum absolute atomic E-state index is 0.187. The fraction of sp³-hybridized carbons (Fsp3) is 0.519. The quantitative estimate of drug-likeness (QED) is 0.715. The number of carbonyl (C=O) groups is 1. The van der Waals surface area contributed by atoms with Crippen molar-refractivity contribution >= 4 is 17.4 Å². The van der Waals surface area contributed by atoms with E-state index in [-0.39, 0.29) is 12.0 Å². The van der Waals surface area contributed by atoms with Crippen molar-refractivity contribution in [3.8, 4) is 6.07 Å². The highest BCUT2D eigenvalue weighted by Gasteiger charge is 2.36. The number of para-hydroxylation sites is 1. The summed E-state index contributed by atoms with van der Waals surface area (Å²) in [5.41, 5.74) is 3.05. The van der Waals surface area contributed by atoms with Gasteiger partial charge in [0, 0.05) is 56.6 Å². The van der Waals surface area contributed by atoms with E-state index >= 15 is 0 Å². The molecular formula is C27H33N5O. The zero-order valence-electron chi connectivity index (χ0n) is 19.3. The van der Waals surface area contributed by atoms with Crippen LogP contribution in [0.2, 0.25) is 0 Å². The number of nitriles is 1. The number of carbonyl (C=O) groups excluding carboxylic acids is 1. The molecule has 6 heteroatoms. The summed E-state index contributed by atoms with van der Waals surface area (Å²) in [6.07, 6.45) is 9.44. The molecule has 1 atom stereocenters. The maximum atomic E-state index is 13.7. The van der Waals surface area contributed by atoms with Crippen molar-refractivity contribution in [1.82, 2.24) is 9.88 Å². The first-order valence-corrected chi connectivity index (χ1v) is 12.5. The highest BCUT2D eigenvalue weighted by Crippen LogP contribution is 2.35. The summed E-state index contributed by atoms with van der Waals surface area (Å²) in [5.74, 6) is 1.48. The van der Waals surface area contributed by atoms with E-state index < -0.39 is 0 Å². The first-order chi connectivity index (χ1) is 16.2. The molecule has 0 spiro atoms. The number of hydrogen-bond donors (Lipinski definition) is 0. The standard InChI is InChI=1S/C27H33N5O/c28-18-21-10-13-26(29-19-21)31-16-14-30(15-17-31)20-24-12-11-22-6-4-5-9-25(22)32(24)27(33)23-7-2-1-3-8-23/h4-6,9-10,13,19,23-24H,1-3,7-8,11-12,14-17,20H2. The number of hydrogen-bond acceptors (Lipinski definition) is 5. The van der Waals surface area contributed by atoms with Gasteiger partial charge in [-0.25, -0.2) is 4.98 Å². The van der Waals surface area contributed by atoms with Gasteiger partial charge >= 0.3 is 0 Å². The number of anilines is 2. The van der Waals surface area contributed by atoms with E-state index in [0.29, 0.717) is 11.5 Å². The molecule has 2 fully saturated rings. The monoisotopic (exact) mass is 443 g/mol. The molecule has 2 aromatic rings. The lowest BCUT2D eigenvalue weighted by atomic mass is 9.86. The molecule has 172 valence electrons. The highest BCUT2D eigenvalue weighted by atomic mass is 16.2. The van der Waals surface area contributed by atoms with Crippen LogP contribution in [0.25, 0.3) is 0 Å². The Morgan fingerprint density at radius 1 is 1.00 bits per heavy atom. The maximum Gasteiger partial charge on any atom is 0.230 e. The van der Waals surface area contributed by atoms with Crippen molar-refractivity contribution in [2.75, 3.05) is 42.5 Å². The molecule has 6 nitrogen and oxygen atoms in total. The first-order valence-electron chi connectivity index (χ1n) is 12.5. The molecule has 0 radical (unpaired) electrons. The molecular weight excluding hydrogens is 410 g/mol. The van der Waals surface area contributed by atoms with Gasteiger partial charge in [-0.2, -0.15) is 5.26 Å². The molecule has 2 aliphatic heterocycles. The molecule has 5 rings (SSSR count). The van der Waals surface area contributed by atoms with Crippen LogP contribution < -0.4 is 9.80 Å². The molecule has 0 bridgehead atoms. The summed E-state index contributed by atoms with van der Waals surface area (Å²) in [7, 11) is 0. The van der Waals surface area contributed by atoms with Crippen molar-refractivity contribution in [1.29, 1.82) is 5.26 Å². The number of amides is 1. The van der Waals surface area contributed by atoms with Crippen LogP contribution in [-0.4, -0.2) is 54.6 Å². The SMILES string of the molecule is N#Cc1ccc(N2CCN(CC3CCc4ccccc4N3C(=O)C3CCCCC3)CC2)nc1. The summed E-state index contributed by atoms with van der Waals surface area (Å²) >= 11 is 0. The Hall–Kier alpha value is -2.91. The zero-order valence-corrected chi connectivity index (χ0v) is 19.3. The van der Waals surface area contributed by atoms with Gasteiger partial charge in [0.15, 0.2) is 0 Å². The van der Waals surface area contributed by atoms with E-state index in [9.17, 15) is 4.79 Å². The van der Waals surface area contributed by atoms with Gasteiger partial charge in [-0.05, 0) is 49.4 Å². The first kappa shape index (κ1) is 21.9. The van der Waals surface area contributed by atoms with Crippen LogP contribution in [0.5, 0.6) is 0 Å². The van der Waals surface area contributed by atoms with Crippen molar-refractivity contribution in [2.45, 2.75) is 51.0 Å². The van der Waals surface area contributed by atoms with Crippen LogP contribution in [0, 0.1) is 17.2 Å². The second-order valence-corrected chi connectivity index (χ2v) is 9.67. The number of aromatic nitrogens is 1. The van der Waals surface area contributed by atoms with Gasteiger partial charge in [0.2, 0.25) is 5.91 Å². The lowest BCUT2D eigenvalue weighted by Gasteiger charge is -2.43. The summed E-state index contributed by atoms with van der Waals surface area (Å²) in [5, 5.41) is 9.00. The Bertz CT molecular complexity index is 1000. The highest BCUT2D eigenvalue weighted by molar-refractivity contribution is 5.97. The molecule has 3 heterocycles. The molecule has 3 aliphatic rings. The molecule has 1 aromatic heterocycles. The maximum absolute atomic E-state index is 13.7. The fourth-order valence-electron chi connectivity index (χ4n) is 5.72. The smallest absolute Gasteiger partial charge is 0.230 e. The average Bonchev–Trinajstić information content (AvgIpc) is 2.89. The Morgan fingerprint density at radius 2 is 1.79 bits per heavy atom. The van der Waals surface area contributed by atoms with Gasteiger partial charge in [-0.15, -0.1) is 0 Å². The molecule has 0 N–H and O–H groups in total. The second-order valence-electron chi connectivity index (χ2n) is 9.67. The molecule has 1 aromatic carbocycles. The van der Waals surface area contributed by atoms with E-state index in [0.717, 1.165) is 69.9 Å². The number of piperazine rings is 1. The van der Waals surface area contributed by atoms with Gasteiger partial charge in [-0.3, -0.25) is 9.69 Å². The van der Waals surface area contributed by atoms with Crippen LogP contribution >= 0.6 is 0 Å². The lowest BCUT2D eigenvalue weighted by Crippen LogP contribution is -2.55. The molecule has 1 saturated heterocycles. The third-order valence-electron chi connectivity index (χ3n) is 7.60. The van der Waals surface area contributed by atoms with Crippen LogP contribution in [0.4, 0.5) is 11.5 Å². The normalized spacial score (nSPS) is 22.0. The van der Waals surface area contributed by atoms with Crippen LogP contribution in [0.1, 0.15) is 49.7 Å². The zero-order chi connectivity index (χ0) is 22.6. The summed E-state index contributed by atoms with van der Waals surface area (Å²) < 4.78 is 0. The number of aryl methyl sites for hydroxylation is 1. The third kappa shape index (κ3) is 4.74. The van der Waals surface area contributed by atoms with E-state index in [1.807, 2.05) is 12.1 Å². The Balaban J connectivity index is 1.27. The predicted octanol–water partition coefficient (Wildman–Crippen LogP) is 4.00. The van der Waals surface area contributed by atoms with Crippen molar-refractivity contribution in [2.24, 2.45) is 5.92 Å². The van der Waals surface area contributed by atoms with Gasteiger partial charge in [0.1, 0.15) is 11.9 Å². The minimum atomic E-state index is 0.187. The number of benzene rings is 1.